The fourth-order valence-electron chi connectivity index (χ4n) is 5.17. The first-order valence-electron chi connectivity index (χ1n) is 11.4. The second kappa shape index (κ2) is 9.09. The minimum atomic E-state index is 0.194. The topological polar surface area (TPSA) is 39.3 Å². The van der Waals surface area contributed by atoms with Crippen molar-refractivity contribution in [2.24, 2.45) is 0 Å². The molecule has 0 radical (unpaired) electrons. The van der Waals surface area contributed by atoms with Crippen LogP contribution in [0.15, 0.2) is 84.9 Å². The Morgan fingerprint density at radius 1 is 0.839 bits per heavy atom. The molecule has 0 spiro atoms. The number of piperidine rings is 1. The molecule has 4 aromatic rings. The van der Waals surface area contributed by atoms with Crippen molar-refractivity contribution in [2.75, 3.05) is 19.7 Å². The van der Waals surface area contributed by atoms with E-state index >= 15 is 0 Å². The summed E-state index contributed by atoms with van der Waals surface area (Å²) in [6.45, 7) is 2.26. The predicted octanol–water partition coefficient (Wildman–Crippen LogP) is 5.62. The molecule has 1 aliphatic heterocycles. The molecule has 0 aliphatic carbocycles. The van der Waals surface area contributed by atoms with E-state index in [0.29, 0.717) is 5.92 Å². The lowest BCUT2D eigenvalue weighted by Gasteiger charge is -2.37. The van der Waals surface area contributed by atoms with Crippen LogP contribution in [0.3, 0.4) is 0 Å². The predicted molar refractivity (Wildman–Crippen MR) is 128 cm³/mol. The molecular weight excluding hydrogens is 380 g/mol. The maximum Gasteiger partial charge on any atom is 0.0590 e. The van der Waals surface area contributed by atoms with Crippen LogP contribution < -0.4 is 0 Å². The number of nitrogens with one attached hydrogen (secondary N) is 1. The number of benzene rings is 3. The largest absolute Gasteiger partial charge is 0.395 e. The third-order valence-electron chi connectivity index (χ3n) is 6.79. The highest BCUT2D eigenvalue weighted by molar-refractivity contribution is 5.91. The maximum atomic E-state index is 10.1. The van der Waals surface area contributed by atoms with Gasteiger partial charge in [-0.25, -0.2) is 0 Å². The molecule has 0 saturated carbocycles. The summed E-state index contributed by atoms with van der Waals surface area (Å²) in [7, 11) is 0. The Kier molecular flexibility index (Phi) is 5.88. The number of hydrogen-bond donors (Lipinski definition) is 2. The van der Waals surface area contributed by atoms with Gasteiger partial charge in [-0.15, -0.1) is 0 Å². The molecule has 3 aromatic carbocycles. The van der Waals surface area contributed by atoms with E-state index in [4.69, 9.17) is 0 Å². The Labute approximate surface area is 184 Å². The third kappa shape index (κ3) is 4.16. The van der Waals surface area contributed by atoms with Crippen molar-refractivity contribution in [1.82, 2.24) is 9.88 Å². The molecule has 1 aliphatic rings. The Hall–Kier alpha value is -2.88. The van der Waals surface area contributed by atoms with Crippen LogP contribution in [-0.2, 0) is 6.42 Å². The number of hydrogen-bond acceptors (Lipinski definition) is 2. The molecule has 1 fully saturated rings. The molecule has 5 rings (SSSR count). The van der Waals surface area contributed by atoms with Gasteiger partial charge in [0.15, 0.2) is 0 Å². The Morgan fingerprint density at radius 2 is 1.48 bits per heavy atom. The number of aliphatic hydroxyl groups is 1. The number of para-hydroxylation sites is 1. The van der Waals surface area contributed by atoms with Gasteiger partial charge in [0, 0.05) is 22.6 Å². The van der Waals surface area contributed by atoms with Crippen molar-refractivity contribution in [3.63, 3.8) is 0 Å². The molecule has 158 valence electrons. The van der Waals surface area contributed by atoms with Crippen LogP contribution in [0.2, 0.25) is 0 Å². The zero-order chi connectivity index (χ0) is 21.0. The SMILES string of the molecule is OCC(Cc1ccccc1)N1CCC(c2c(-c3ccccc3)[nH]c3ccccc23)CC1. The molecule has 3 nitrogen and oxygen atoms in total. The first kappa shape index (κ1) is 20.0. The number of aromatic amines is 1. The third-order valence-corrected chi connectivity index (χ3v) is 6.79. The highest BCUT2D eigenvalue weighted by Gasteiger charge is 2.29. The molecule has 0 bridgehead atoms. The quantitative estimate of drug-likeness (QED) is 0.433. The van der Waals surface area contributed by atoms with E-state index in [-0.39, 0.29) is 12.6 Å². The van der Waals surface area contributed by atoms with Gasteiger partial charge < -0.3 is 10.1 Å². The van der Waals surface area contributed by atoms with Crippen LogP contribution in [0.25, 0.3) is 22.2 Å². The molecule has 3 heteroatoms. The summed E-state index contributed by atoms with van der Waals surface area (Å²) < 4.78 is 0. The van der Waals surface area contributed by atoms with Gasteiger partial charge >= 0.3 is 0 Å². The normalized spacial score (nSPS) is 16.5. The fraction of sp³-hybridized carbons (Fsp3) is 0.286. The van der Waals surface area contributed by atoms with Gasteiger partial charge in [-0.1, -0.05) is 78.9 Å². The zero-order valence-electron chi connectivity index (χ0n) is 17.9. The van der Waals surface area contributed by atoms with Gasteiger partial charge in [0.25, 0.3) is 0 Å². The molecule has 2 heterocycles. The van der Waals surface area contributed by atoms with Crippen molar-refractivity contribution in [3.8, 4) is 11.3 Å². The lowest BCUT2D eigenvalue weighted by atomic mass is 9.85. The fourth-order valence-corrected chi connectivity index (χ4v) is 5.17. The Balaban J connectivity index is 1.38. The Bertz CT molecular complexity index is 1110. The van der Waals surface area contributed by atoms with E-state index < -0.39 is 0 Å². The molecule has 1 unspecified atom stereocenters. The molecule has 1 saturated heterocycles. The van der Waals surface area contributed by atoms with Crippen molar-refractivity contribution in [1.29, 1.82) is 0 Å². The van der Waals surface area contributed by atoms with Crippen molar-refractivity contribution >= 4 is 10.9 Å². The van der Waals surface area contributed by atoms with Crippen LogP contribution in [-0.4, -0.2) is 40.7 Å². The molecule has 31 heavy (non-hydrogen) atoms. The highest BCUT2D eigenvalue weighted by Crippen LogP contribution is 2.40. The average Bonchev–Trinajstić information content (AvgIpc) is 3.23. The van der Waals surface area contributed by atoms with Crippen LogP contribution in [0.4, 0.5) is 0 Å². The van der Waals surface area contributed by atoms with E-state index in [0.717, 1.165) is 32.4 Å². The first-order valence-corrected chi connectivity index (χ1v) is 11.4. The van der Waals surface area contributed by atoms with E-state index in [2.05, 4.69) is 94.8 Å². The van der Waals surface area contributed by atoms with Gasteiger partial charge in [0.05, 0.1) is 6.61 Å². The lowest BCUT2D eigenvalue weighted by Crippen LogP contribution is -2.44. The summed E-state index contributed by atoms with van der Waals surface area (Å²) in [5.41, 5.74) is 6.50. The number of aromatic nitrogens is 1. The van der Waals surface area contributed by atoms with Crippen LogP contribution >= 0.6 is 0 Å². The van der Waals surface area contributed by atoms with E-state index in [9.17, 15) is 5.11 Å². The number of nitrogens with zero attached hydrogens (tertiary/aromatic N) is 1. The zero-order valence-corrected chi connectivity index (χ0v) is 17.9. The number of rotatable bonds is 6. The lowest BCUT2D eigenvalue weighted by molar-refractivity contribution is 0.0979. The van der Waals surface area contributed by atoms with E-state index in [1.807, 2.05) is 0 Å². The molecule has 0 amide bonds. The summed E-state index contributed by atoms with van der Waals surface area (Å²) in [6.07, 6.45) is 3.14. The van der Waals surface area contributed by atoms with Gasteiger partial charge in [-0.05, 0) is 61.0 Å². The van der Waals surface area contributed by atoms with Gasteiger partial charge in [-0.2, -0.15) is 0 Å². The monoisotopic (exact) mass is 410 g/mol. The standard InChI is InChI=1S/C28H30N2O/c31-20-24(19-21-9-3-1-4-10-21)30-17-15-22(16-18-30)27-25-13-7-8-14-26(25)29-28(27)23-11-5-2-6-12-23/h1-14,22,24,29,31H,15-20H2. The van der Waals surface area contributed by atoms with Crippen molar-refractivity contribution in [2.45, 2.75) is 31.2 Å². The second-order valence-electron chi connectivity index (χ2n) is 8.66. The second-order valence-corrected chi connectivity index (χ2v) is 8.66. The first-order chi connectivity index (χ1) is 15.3. The van der Waals surface area contributed by atoms with Crippen molar-refractivity contribution < 1.29 is 5.11 Å². The highest BCUT2D eigenvalue weighted by atomic mass is 16.3. The average molecular weight is 411 g/mol. The van der Waals surface area contributed by atoms with E-state index in [1.165, 1.54) is 33.3 Å². The van der Waals surface area contributed by atoms with Gasteiger partial charge in [0.1, 0.15) is 0 Å². The number of fused-ring (bicyclic) bond motifs is 1. The number of likely N-dealkylation sites (tertiary alicyclic amines) is 1. The molecule has 2 N–H and O–H groups in total. The minimum absolute atomic E-state index is 0.194. The summed E-state index contributed by atoms with van der Waals surface area (Å²) in [4.78, 5) is 6.19. The summed E-state index contributed by atoms with van der Waals surface area (Å²) >= 11 is 0. The minimum Gasteiger partial charge on any atom is -0.395 e. The Morgan fingerprint density at radius 3 is 2.19 bits per heavy atom. The van der Waals surface area contributed by atoms with Gasteiger partial charge in [-0.3, -0.25) is 4.90 Å². The summed E-state index contributed by atoms with van der Waals surface area (Å²) in [6, 6.07) is 30.1. The molecule has 1 aromatic heterocycles. The number of aliphatic hydroxyl groups excluding tert-OH is 1. The van der Waals surface area contributed by atoms with Crippen LogP contribution in [0.1, 0.15) is 29.9 Å². The summed E-state index contributed by atoms with van der Waals surface area (Å²) in [5.74, 6) is 0.527. The van der Waals surface area contributed by atoms with Gasteiger partial charge in [0.2, 0.25) is 0 Å². The number of H-pyrrole nitrogens is 1. The van der Waals surface area contributed by atoms with Crippen molar-refractivity contribution in [3.05, 3.63) is 96.1 Å². The van der Waals surface area contributed by atoms with Crippen LogP contribution in [0.5, 0.6) is 0 Å². The maximum absolute atomic E-state index is 10.1. The molecular formula is C28H30N2O. The van der Waals surface area contributed by atoms with E-state index in [1.54, 1.807) is 0 Å². The molecule has 1 atom stereocenters. The summed E-state index contributed by atoms with van der Waals surface area (Å²) in [5, 5.41) is 11.4. The van der Waals surface area contributed by atoms with Crippen LogP contribution in [0, 0.1) is 0 Å². The smallest absolute Gasteiger partial charge is 0.0590 e.